The molecule has 13 heavy (non-hydrogen) atoms. The molecule has 0 aromatic carbocycles. The largest absolute Gasteiger partial charge is 0.0716 e. The van der Waals surface area contributed by atoms with Gasteiger partial charge in [0.1, 0.15) is 0 Å². The second-order valence-corrected chi connectivity index (χ2v) is 5.60. The second kappa shape index (κ2) is 2.50. The van der Waals surface area contributed by atoms with Crippen molar-refractivity contribution in [2.75, 3.05) is 0 Å². The van der Waals surface area contributed by atoms with Crippen LogP contribution in [-0.2, 0) is 0 Å². The van der Waals surface area contributed by atoms with Crippen LogP contribution in [0.1, 0.15) is 47.0 Å². The van der Waals surface area contributed by atoms with Crippen molar-refractivity contribution in [1.29, 1.82) is 0 Å². The molecule has 2 aliphatic rings. The van der Waals surface area contributed by atoms with Crippen LogP contribution < -0.4 is 0 Å². The predicted molar refractivity (Wildman–Crippen MR) is 57.6 cm³/mol. The number of rotatable bonds is 0. The van der Waals surface area contributed by atoms with Gasteiger partial charge < -0.3 is 0 Å². The van der Waals surface area contributed by atoms with E-state index in [-0.39, 0.29) is 0 Å². The molecule has 2 rings (SSSR count). The summed E-state index contributed by atoms with van der Waals surface area (Å²) in [5, 5.41) is 0. The van der Waals surface area contributed by atoms with Gasteiger partial charge in [0.2, 0.25) is 0 Å². The van der Waals surface area contributed by atoms with E-state index in [2.05, 4.69) is 39.8 Å². The number of hydrogen-bond donors (Lipinski definition) is 0. The summed E-state index contributed by atoms with van der Waals surface area (Å²) >= 11 is 0. The van der Waals surface area contributed by atoms with Crippen molar-refractivity contribution < 1.29 is 0 Å². The molecule has 0 aromatic rings. The standard InChI is InChI=1S/C13H20/c1-10-8-11-12(2,3)6-5-7-13(11,4)9-10/h8-9H,5-7H2,1-4H3. The van der Waals surface area contributed by atoms with Gasteiger partial charge in [0, 0.05) is 5.41 Å². The first-order chi connectivity index (χ1) is 5.94. The molecule has 0 aliphatic heterocycles. The normalized spacial score (nSPS) is 36.6. The fourth-order valence-corrected chi connectivity index (χ4v) is 3.22. The van der Waals surface area contributed by atoms with E-state index in [1.165, 1.54) is 24.8 Å². The van der Waals surface area contributed by atoms with E-state index in [1.54, 1.807) is 5.57 Å². The van der Waals surface area contributed by atoms with E-state index in [4.69, 9.17) is 0 Å². The third-order valence-electron chi connectivity index (χ3n) is 3.76. The van der Waals surface area contributed by atoms with E-state index in [0.717, 1.165) is 0 Å². The molecule has 1 atom stereocenters. The average molecular weight is 176 g/mol. The monoisotopic (exact) mass is 176 g/mol. The molecule has 0 saturated heterocycles. The predicted octanol–water partition coefficient (Wildman–Crippen LogP) is 4.09. The molecule has 0 radical (unpaired) electrons. The topological polar surface area (TPSA) is 0 Å². The maximum Gasteiger partial charge on any atom is 0.00767 e. The molecular formula is C13H20. The molecule has 0 heterocycles. The summed E-state index contributed by atoms with van der Waals surface area (Å²) in [7, 11) is 0. The number of hydrogen-bond acceptors (Lipinski definition) is 0. The van der Waals surface area contributed by atoms with Crippen LogP contribution in [0.15, 0.2) is 23.3 Å². The lowest BCUT2D eigenvalue weighted by Crippen LogP contribution is -2.31. The Labute approximate surface area is 81.7 Å². The van der Waals surface area contributed by atoms with Crippen molar-refractivity contribution in [3.8, 4) is 0 Å². The zero-order valence-corrected chi connectivity index (χ0v) is 9.28. The van der Waals surface area contributed by atoms with Crippen molar-refractivity contribution in [3.05, 3.63) is 23.3 Å². The van der Waals surface area contributed by atoms with Gasteiger partial charge in [-0.1, -0.05) is 50.5 Å². The molecule has 2 aliphatic carbocycles. The van der Waals surface area contributed by atoms with Crippen molar-refractivity contribution in [1.82, 2.24) is 0 Å². The molecule has 1 saturated carbocycles. The van der Waals surface area contributed by atoms with Gasteiger partial charge in [-0.2, -0.15) is 0 Å². The van der Waals surface area contributed by atoms with Crippen LogP contribution in [0, 0.1) is 10.8 Å². The lowest BCUT2D eigenvalue weighted by Gasteiger charge is -2.42. The Morgan fingerprint density at radius 3 is 2.46 bits per heavy atom. The van der Waals surface area contributed by atoms with Gasteiger partial charge in [0.25, 0.3) is 0 Å². The first-order valence-corrected chi connectivity index (χ1v) is 5.36. The minimum atomic E-state index is 0.395. The molecule has 0 aromatic heterocycles. The SMILES string of the molecule is CC1=CC2(C)CCCC(C)(C)C2=C1. The van der Waals surface area contributed by atoms with E-state index in [9.17, 15) is 0 Å². The highest BCUT2D eigenvalue weighted by molar-refractivity contribution is 5.43. The van der Waals surface area contributed by atoms with Gasteiger partial charge in [-0.05, 0) is 25.2 Å². The van der Waals surface area contributed by atoms with Crippen LogP contribution in [0.4, 0.5) is 0 Å². The average Bonchev–Trinajstić information content (AvgIpc) is 2.25. The third-order valence-corrected chi connectivity index (χ3v) is 3.76. The molecule has 72 valence electrons. The van der Waals surface area contributed by atoms with Crippen molar-refractivity contribution in [3.63, 3.8) is 0 Å². The van der Waals surface area contributed by atoms with E-state index < -0.39 is 0 Å². The Morgan fingerprint density at radius 1 is 1.15 bits per heavy atom. The van der Waals surface area contributed by atoms with Crippen molar-refractivity contribution in [2.45, 2.75) is 47.0 Å². The fourth-order valence-electron chi connectivity index (χ4n) is 3.22. The zero-order valence-electron chi connectivity index (χ0n) is 9.28. The van der Waals surface area contributed by atoms with Crippen molar-refractivity contribution in [2.24, 2.45) is 10.8 Å². The minimum absolute atomic E-state index is 0.395. The number of fused-ring (bicyclic) bond motifs is 1. The molecule has 1 fully saturated rings. The lowest BCUT2D eigenvalue weighted by atomic mass is 9.62. The van der Waals surface area contributed by atoms with Gasteiger partial charge in [-0.25, -0.2) is 0 Å². The van der Waals surface area contributed by atoms with Gasteiger partial charge in [-0.3, -0.25) is 0 Å². The first-order valence-electron chi connectivity index (χ1n) is 5.36. The molecule has 0 N–H and O–H groups in total. The Bertz CT molecular complexity index is 291. The first kappa shape index (κ1) is 9.05. The molecule has 0 bridgehead atoms. The number of allylic oxidation sites excluding steroid dienone is 4. The molecule has 0 spiro atoms. The Hall–Kier alpha value is -0.520. The smallest absolute Gasteiger partial charge is 0.00767 e. The van der Waals surface area contributed by atoms with Crippen LogP contribution in [-0.4, -0.2) is 0 Å². The maximum absolute atomic E-state index is 2.46. The van der Waals surface area contributed by atoms with Crippen LogP contribution in [0.3, 0.4) is 0 Å². The summed E-state index contributed by atoms with van der Waals surface area (Å²) in [6, 6.07) is 0. The van der Waals surface area contributed by atoms with Crippen LogP contribution in [0.25, 0.3) is 0 Å². The van der Waals surface area contributed by atoms with E-state index in [1.807, 2.05) is 0 Å². The molecular weight excluding hydrogens is 156 g/mol. The molecule has 0 amide bonds. The zero-order chi connectivity index (χ0) is 9.69. The van der Waals surface area contributed by atoms with Crippen molar-refractivity contribution >= 4 is 0 Å². The van der Waals surface area contributed by atoms with Crippen LogP contribution in [0.2, 0.25) is 0 Å². The third kappa shape index (κ3) is 1.27. The van der Waals surface area contributed by atoms with Gasteiger partial charge in [-0.15, -0.1) is 0 Å². The summed E-state index contributed by atoms with van der Waals surface area (Å²) in [6.45, 7) is 9.41. The van der Waals surface area contributed by atoms with Gasteiger partial charge in [0.05, 0.1) is 0 Å². The summed E-state index contributed by atoms with van der Waals surface area (Å²) in [6.07, 6.45) is 8.96. The fraction of sp³-hybridized carbons (Fsp3) is 0.692. The quantitative estimate of drug-likeness (QED) is 0.521. The van der Waals surface area contributed by atoms with Crippen LogP contribution >= 0.6 is 0 Å². The van der Waals surface area contributed by atoms with Gasteiger partial charge in [0.15, 0.2) is 0 Å². The minimum Gasteiger partial charge on any atom is -0.0716 e. The second-order valence-electron chi connectivity index (χ2n) is 5.60. The van der Waals surface area contributed by atoms with E-state index >= 15 is 0 Å². The summed E-state index contributed by atoms with van der Waals surface area (Å²) < 4.78 is 0. The lowest BCUT2D eigenvalue weighted by molar-refractivity contribution is 0.244. The van der Waals surface area contributed by atoms with E-state index in [0.29, 0.717) is 10.8 Å². The highest BCUT2D eigenvalue weighted by Crippen LogP contribution is 2.54. The highest BCUT2D eigenvalue weighted by Gasteiger charge is 2.42. The summed E-state index contributed by atoms with van der Waals surface area (Å²) in [4.78, 5) is 0. The summed E-state index contributed by atoms with van der Waals surface area (Å²) in [5.74, 6) is 0. The Morgan fingerprint density at radius 2 is 1.85 bits per heavy atom. The van der Waals surface area contributed by atoms with Gasteiger partial charge >= 0.3 is 0 Å². The Balaban J connectivity index is 2.43. The maximum atomic E-state index is 2.46. The summed E-state index contributed by atoms with van der Waals surface area (Å²) in [5.41, 5.74) is 3.96. The molecule has 0 heteroatoms. The Kier molecular flexibility index (Phi) is 1.74. The molecule has 0 nitrogen and oxygen atoms in total. The highest BCUT2D eigenvalue weighted by atomic mass is 14.5. The van der Waals surface area contributed by atoms with Crippen LogP contribution in [0.5, 0.6) is 0 Å². The molecule has 1 unspecified atom stereocenters.